The molecule has 0 aliphatic rings. The van der Waals surface area contributed by atoms with E-state index >= 15 is 0 Å². The van der Waals surface area contributed by atoms with E-state index in [1.165, 1.54) is 0 Å². The lowest BCUT2D eigenvalue weighted by molar-refractivity contribution is 0.390. The summed E-state index contributed by atoms with van der Waals surface area (Å²) in [6.45, 7) is 0.663. The molecule has 0 atom stereocenters. The molecule has 2 rings (SSSR count). The van der Waals surface area contributed by atoms with Crippen molar-refractivity contribution in [2.75, 3.05) is 14.1 Å². The van der Waals surface area contributed by atoms with Crippen molar-refractivity contribution in [2.45, 2.75) is 11.6 Å². The first-order valence-corrected chi connectivity index (χ1v) is 6.30. The molecule has 2 aromatic rings. The van der Waals surface area contributed by atoms with Crippen LogP contribution in [-0.2, 0) is 6.54 Å². The number of fused-ring (bicyclic) bond motifs is 1. The molecule has 0 radical (unpaired) electrons. The van der Waals surface area contributed by atoms with E-state index in [0.29, 0.717) is 6.54 Å². The van der Waals surface area contributed by atoms with Gasteiger partial charge in [-0.25, -0.2) is 9.97 Å². The van der Waals surface area contributed by atoms with E-state index in [9.17, 15) is 0 Å². The molecule has 0 unspecified atom stereocenters. The zero-order valence-electron chi connectivity index (χ0n) is 10.3. The molecule has 0 aliphatic carbocycles. The molecule has 6 heteroatoms. The summed E-state index contributed by atoms with van der Waals surface area (Å²) in [7, 11) is 3.94. The molecule has 3 N–H and O–H groups in total. The van der Waals surface area contributed by atoms with Gasteiger partial charge in [0.25, 0.3) is 0 Å². The number of aromatic nitrogens is 2. The Hall–Kier alpha value is -1.66. The Kier molecular flexibility index (Phi) is 3.78. The lowest BCUT2D eigenvalue weighted by Crippen LogP contribution is -2.14. The van der Waals surface area contributed by atoms with Gasteiger partial charge in [0.1, 0.15) is 10.9 Å². The number of rotatable bonds is 3. The van der Waals surface area contributed by atoms with Crippen LogP contribution >= 0.6 is 11.8 Å². The highest BCUT2D eigenvalue weighted by Crippen LogP contribution is 2.24. The van der Waals surface area contributed by atoms with Crippen molar-refractivity contribution in [1.29, 1.82) is 5.41 Å². The molecule has 94 valence electrons. The first kappa shape index (κ1) is 12.8. The van der Waals surface area contributed by atoms with Crippen molar-refractivity contribution >= 4 is 27.8 Å². The molecule has 0 fully saturated rings. The Morgan fingerprint density at radius 3 is 2.72 bits per heavy atom. The van der Waals surface area contributed by atoms with Gasteiger partial charge in [0.2, 0.25) is 0 Å². The molecule has 1 heterocycles. The van der Waals surface area contributed by atoms with Crippen LogP contribution in [0.15, 0.2) is 29.3 Å². The number of nitrogens with two attached hydrogens (primary N) is 1. The van der Waals surface area contributed by atoms with E-state index in [4.69, 9.17) is 11.1 Å². The van der Waals surface area contributed by atoms with Crippen LogP contribution in [0.5, 0.6) is 0 Å². The predicted octanol–water partition coefficient (Wildman–Crippen LogP) is 1.68. The van der Waals surface area contributed by atoms with Crippen LogP contribution in [0.3, 0.4) is 0 Å². The summed E-state index contributed by atoms with van der Waals surface area (Å²) < 4.78 is 0. The first-order chi connectivity index (χ1) is 8.56. The lowest BCUT2D eigenvalue weighted by atomic mass is 10.2. The summed E-state index contributed by atoms with van der Waals surface area (Å²) in [6.07, 6.45) is 0. The Balaban J connectivity index is 2.53. The van der Waals surface area contributed by atoms with Crippen molar-refractivity contribution in [3.05, 3.63) is 30.1 Å². The third-order valence-electron chi connectivity index (χ3n) is 2.28. The Bertz CT molecular complexity index is 582. The average molecular weight is 261 g/mol. The van der Waals surface area contributed by atoms with Gasteiger partial charge in [-0.1, -0.05) is 18.2 Å². The first-order valence-electron chi connectivity index (χ1n) is 5.48. The number of hydrogen-bond acceptors (Lipinski definition) is 5. The smallest absolute Gasteiger partial charge is 0.157 e. The van der Waals surface area contributed by atoms with Gasteiger partial charge in [-0.05, 0) is 31.9 Å². The van der Waals surface area contributed by atoms with Gasteiger partial charge in [-0.15, -0.1) is 0 Å². The van der Waals surface area contributed by atoms with Gasteiger partial charge in [0, 0.05) is 5.39 Å². The molecule has 0 aliphatic heterocycles. The third-order valence-corrected chi connectivity index (χ3v) is 3.00. The van der Waals surface area contributed by atoms with Crippen LogP contribution in [-0.4, -0.2) is 34.1 Å². The van der Waals surface area contributed by atoms with Crippen LogP contribution in [0, 0.1) is 5.41 Å². The van der Waals surface area contributed by atoms with E-state index in [1.807, 2.05) is 43.3 Å². The second-order valence-electron chi connectivity index (χ2n) is 4.17. The molecule has 0 saturated carbocycles. The van der Waals surface area contributed by atoms with Gasteiger partial charge in [-0.2, -0.15) is 0 Å². The fourth-order valence-electron chi connectivity index (χ4n) is 1.63. The quantitative estimate of drug-likeness (QED) is 0.380. The van der Waals surface area contributed by atoms with Crippen molar-refractivity contribution in [3.8, 4) is 0 Å². The van der Waals surface area contributed by atoms with E-state index in [0.717, 1.165) is 33.5 Å². The second kappa shape index (κ2) is 5.32. The molecule has 18 heavy (non-hydrogen) atoms. The minimum atomic E-state index is 0.0367. The van der Waals surface area contributed by atoms with Crippen LogP contribution in [0.25, 0.3) is 10.9 Å². The highest BCUT2D eigenvalue weighted by Gasteiger charge is 2.09. The van der Waals surface area contributed by atoms with Crippen molar-refractivity contribution in [1.82, 2.24) is 14.9 Å². The summed E-state index contributed by atoms with van der Waals surface area (Å²) in [6, 6.07) is 7.76. The van der Waals surface area contributed by atoms with Crippen molar-refractivity contribution in [3.63, 3.8) is 0 Å². The molecule has 5 nitrogen and oxygen atoms in total. The number of hydrogen-bond donors (Lipinski definition) is 2. The summed E-state index contributed by atoms with van der Waals surface area (Å²) in [5.74, 6) is 0.738. The molecular formula is C12H15N5S. The van der Waals surface area contributed by atoms with E-state index in [2.05, 4.69) is 9.97 Å². The summed E-state index contributed by atoms with van der Waals surface area (Å²) in [4.78, 5) is 11.0. The summed E-state index contributed by atoms with van der Waals surface area (Å²) >= 11 is 1.16. The maximum absolute atomic E-state index is 7.39. The van der Waals surface area contributed by atoms with E-state index in [-0.39, 0.29) is 5.17 Å². The monoisotopic (exact) mass is 261 g/mol. The van der Waals surface area contributed by atoms with E-state index in [1.54, 1.807) is 0 Å². The van der Waals surface area contributed by atoms with Gasteiger partial charge in [0.15, 0.2) is 5.17 Å². The van der Waals surface area contributed by atoms with Crippen molar-refractivity contribution < 1.29 is 0 Å². The highest BCUT2D eigenvalue weighted by molar-refractivity contribution is 8.13. The van der Waals surface area contributed by atoms with Crippen molar-refractivity contribution in [2.24, 2.45) is 5.73 Å². The Morgan fingerprint density at radius 2 is 2.06 bits per heavy atom. The lowest BCUT2D eigenvalue weighted by Gasteiger charge is -2.11. The molecule has 0 bridgehead atoms. The second-order valence-corrected chi connectivity index (χ2v) is 5.20. The average Bonchev–Trinajstić information content (AvgIpc) is 2.27. The van der Waals surface area contributed by atoms with Gasteiger partial charge in [-0.3, -0.25) is 5.41 Å². The SMILES string of the molecule is CN(C)Cc1nc(SC(=N)N)c2ccccc2n1. The molecule has 1 aromatic heterocycles. The number of amidine groups is 1. The molecule has 0 spiro atoms. The Morgan fingerprint density at radius 1 is 1.33 bits per heavy atom. The number of para-hydroxylation sites is 1. The van der Waals surface area contributed by atoms with Crippen LogP contribution in [0.4, 0.5) is 0 Å². The van der Waals surface area contributed by atoms with Gasteiger partial charge in [0.05, 0.1) is 12.1 Å². The fraction of sp³-hybridized carbons (Fsp3) is 0.250. The largest absolute Gasteiger partial charge is 0.378 e. The third kappa shape index (κ3) is 2.96. The van der Waals surface area contributed by atoms with Crippen LogP contribution in [0.1, 0.15) is 5.82 Å². The zero-order valence-corrected chi connectivity index (χ0v) is 11.2. The normalized spacial score (nSPS) is 11.1. The fourth-order valence-corrected chi connectivity index (χ4v) is 2.27. The topological polar surface area (TPSA) is 78.9 Å². The minimum absolute atomic E-state index is 0.0367. The van der Waals surface area contributed by atoms with Crippen LogP contribution in [0.2, 0.25) is 0 Å². The van der Waals surface area contributed by atoms with Gasteiger partial charge < -0.3 is 10.6 Å². The molecular weight excluding hydrogens is 246 g/mol. The number of nitrogens with one attached hydrogen (secondary N) is 1. The predicted molar refractivity (Wildman–Crippen MR) is 74.7 cm³/mol. The maximum Gasteiger partial charge on any atom is 0.157 e. The maximum atomic E-state index is 7.39. The number of thioether (sulfide) groups is 1. The zero-order chi connectivity index (χ0) is 13.1. The number of nitrogens with zero attached hydrogens (tertiary/aromatic N) is 3. The minimum Gasteiger partial charge on any atom is -0.378 e. The highest BCUT2D eigenvalue weighted by atomic mass is 32.2. The van der Waals surface area contributed by atoms with Gasteiger partial charge >= 0.3 is 0 Å². The van der Waals surface area contributed by atoms with E-state index < -0.39 is 0 Å². The summed E-state index contributed by atoms with van der Waals surface area (Å²) in [5, 5.41) is 9.10. The molecule has 0 saturated heterocycles. The van der Waals surface area contributed by atoms with Crippen LogP contribution < -0.4 is 5.73 Å². The molecule has 0 amide bonds. The standard InChI is InChI=1S/C12H15N5S/c1-17(2)7-10-15-9-6-4-3-5-8(9)11(16-10)18-12(13)14/h3-6H,7H2,1-2H3,(H3,13,14). The Labute approximate surface area is 110 Å². The molecule has 1 aromatic carbocycles. The number of benzene rings is 1. The summed E-state index contributed by atoms with van der Waals surface area (Å²) in [5.41, 5.74) is 6.32.